The van der Waals surface area contributed by atoms with Crippen molar-refractivity contribution in [1.29, 1.82) is 0 Å². The van der Waals surface area contributed by atoms with Crippen LogP contribution in [0.15, 0.2) is 24.3 Å². The summed E-state index contributed by atoms with van der Waals surface area (Å²) >= 11 is 6.06. The molecule has 1 saturated carbocycles. The van der Waals surface area contributed by atoms with Crippen molar-refractivity contribution in [3.05, 3.63) is 34.9 Å². The second kappa shape index (κ2) is 6.99. The van der Waals surface area contributed by atoms with E-state index in [2.05, 4.69) is 16.7 Å². The highest BCUT2D eigenvalue weighted by Gasteiger charge is 2.44. The maximum atomic E-state index is 12.0. The lowest BCUT2D eigenvalue weighted by molar-refractivity contribution is -0.121. The summed E-state index contributed by atoms with van der Waals surface area (Å²) in [6, 6.07) is 8.40. The van der Waals surface area contributed by atoms with E-state index < -0.39 is 0 Å². The zero-order valence-electron chi connectivity index (χ0n) is 12.0. The molecule has 1 aliphatic heterocycles. The Labute approximate surface area is 137 Å². The molecule has 1 unspecified atom stereocenters. The predicted molar refractivity (Wildman–Crippen MR) is 88.3 cm³/mol. The maximum absolute atomic E-state index is 12.0. The molecule has 21 heavy (non-hydrogen) atoms. The molecule has 1 heterocycles. The minimum absolute atomic E-state index is 0. The van der Waals surface area contributed by atoms with E-state index in [1.165, 1.54) is 12.0 Å². The molecule has 1 aromatic carbocycles. The van der Waals surface area contributed by atoms with Gasteiger partial charge < -0.3 is 10.6 Å². The van der Waals surface area contributed by atoms with Crippen molar-refractivity contribution in [2.75, 3.05) is 13.1 Å². The third-order valence-corrected chi connectivity index (χ3v) is 4.74. The van der Waals surface area contributed by atoms with Crippen LogP contribution in [0.4, 0.5) is 0 Å². The molecule has 0 aromatic heterocycles. The maximum Gasteiger partial charge on any atom is 0.221 e. The van der Waals surface area contributed by atoms with Crippen molar-refractivity contribution in [1.82, 2.24) is 10.6 Å². The minimum Gasteiger partial charge on any atom is -0.355 e. The molecule has 2 aliphatic rings. The molecule has 1 saturated heterocycles. The molecule has 1 aromatic rings. The van der Waals surface area contributed by atoms with E-state index in [4.69, 9.17) is 11.6 Å². The predicted octanol–water partition coefficient (Wildman–Crippen LogP) is 3.05. The average Bonchev–Trinajstić information content (AvgIpc) is 3.07. The third-order valence-electron chi connectivity index (χ3n) is 4.51. The highest BCUT2D eigenvalue weighted by atomic mass is 35.5. The summed E-state index contributed by atoms with van der Waals surface area (Å²) < 4.78 is 0. The number of carbonyl (C=O) groups excluding carboxylic acids is 1. The van der Waals surface area contributed by atoms with Crippen LogP contribution >= 0.6 is 24.0 Å². The first kappa shape index (κ1) is 16.6. The first-order valence-electron chi connectivity index (χ1n) is 7.44. The van der Waals surface area contributed by atoms with Gasteiger partial charge in [0.2, 0.25) is 5.91 Å². The lowest BCUT2D eigenvalue weighted by atomic mass is 9.96. The number of hydrogen-bond donors (Lipinski definition) is 2. The van der Waals surface area contributed by atoms with Gasteiger partial charge >= 0.3 is 0 Å². The van der Waals surface area contributed by atoms with Gasteiger partial charge in [-0.25, -0.2) is 0 Å². The van der Waals surface area contributed by atoms with Gasteiger partial charge in [-0.2, -0.15) is 0 Å². The Morgan fingerprint density at radius 1 is 1.43 bits per heavy atom. The van der Waals surface area contributed by atoms with Crippen LogP contribution in [0.25, 0.3) is 0 Å². The van der Waals surface area contributed by atoms with Crippen LogP contribution in [0.3, 0.4) is 0 Å². The van der Waals surface area contributed by atoms with Gasteiger partial charge in [0.25, 0.3) is 0 Å². The van der Waals surface area contributed by atoms with Crippen LogP contribution in [0.5, 0.6) is 0 Å². The quantitative estimate of drug-likeness (QED) is 0.872. The number of carbonyl (C=O) groups is 1. The van der Waals surface area contributed by atoms with Crippen LogP contribution in [0.2, 0.25) is 5.02 Å². The monoisotopic (exact) mass is 328 g/mol. The van der Waals surface area contributed by atoms with Crippen molar-refractivity contribution >= 4 is 29.9 Å². The Hall–Kier alpha value is -0.770. The van der Waals surface area contributed by atoms with Gasteiger partial charge in [0.1, 0.15) is 0 Å². The van der Waals surface area contributed by atoms with Crippen LogP contribution < -0.4 is 10.6 Å². The molecule has 2 N–H and O–H groups in total. The van der Waals surface area contributed by atoms with Gasteiger partial charge in [0, 0.05) is 29.4 Å². The number of rotatable bonds is 5. The molecular weight excluding hydrogens is 307 g/mol. The normalized spacial score (nSPS) is 22.4. The largest absolute Gasteiger partial charge is 0.355 e. The zero-order chi connectivity index (χ0) is 14.0. The number of amides is 1. The fourth-order valence-corrected chi connectivity index (χ4v) is 3.22. The third kappa shape index (κ3) is 4.12. The van der Waals surface area contributed by atoms with Gasteiger partial charge in [-0.3, -0.25) is 4.79 Å². The highest BCUT2D eigenvalue weighted by Crippen LogP contribution is 2.48. The van der Waals surface area contributed by atoms with Crippen LogP contribution in [0.1, 0.15) is 37.7 Å². The van der Waals surface area contributed by atoms with Crippen molar-refractivity contribution in [2.45, 2.75) is 43.6 Å². The van der Waals surface area contributed by atoms with Gasteiger partial charge in [0.05, 0.1) is 0 Å². The first-order valence-corrected chi connectivity index (χ1v) is 7.82. The molecule has 3 nitrogen and oxygen atoms in total. The van der Waals surface area contributed by atoms with E-state index in [1.807, 2.05) is 18.2 Å². The molecular formula is C16H22Cl2N2O. The Morgan fingerprint density at radius 2 is 2.24 bits per heavy atom. The summed E-state index contributed by atoms with van der Waals surface area (Å²) in [5.41, 5.74) is 1.38. The van der Waals surface area contributed by atoms with Gasteiger partial charge in [-0.15, -0.1) is 12.4 Å². The molecule has 2 fully saturated rings. The van der Waals surface area contributed by atoms with Gasteiger partial charge in [-0.05, 0) is 49.9 Å². The lowest BCUT2D eigenvalue weighted by Gasteiger charge is -2.18. The summed E-state index contributed by atoms with van der Waals surface area (Å²) in [6.45, 7) is 1.78. The molecule has 1 atom stereocenters. The topological polar surface area (TPSA) is 41.1 Å². The highest BCUT2D eigenvalue weighted by molar-refractivity contribution is 6.30. The molecule has 0 spiro atoms. The summed E-state index contributed by atoms with van der Waals surface area (Å²) in [4.78, 5) is 12.0. The van der Waals surface area contributed by atoms with Gasteiger partial charge in [-0.1, -0.05) is 23.7 Å². The van der Waals surface area contributed by atoms with Crippen molar-refractivity contribution in [3.8, 4) is 0 Å². The minimum atomic E-state index is 0. The number of halogens is 2. The van der Waals surface area contributed by atoms with E-state index in [9.17, 15) is 4.79 Å². The standard InChI is InChI=1S/C16H21ClN2O.ClH/c17-13-4-1-3-12(9-13)16(6-7-16)11-19-15(20)10-14-5-2-8-18-14;/h1,3-4,9,14,18H,2,5-8,10-11H2,(H,19,20);1H. The summed E-state index contributed by atoms with van der Waals surface area (Å²) in [5, 5.41) is 7.24. The van der Waals surface area contributed by atoms with Crippen LogP contribution in [0, 0.1) is 0 Å². The second-order valence-electron chi connectivity index (χ2n) is 6.06. The Kier molecular flexibility index (Phi) is 5.53. The summed E-state index contributed by atoms with van der Waals surface area (Å²) in [5.74, 6) is 0.165. The van der Waals surface area contributed by atoms with Crippen molar-refractivity contribution in [3.63, 3.8) is 0 Å². The summed E-state index contributed by atoms with van der Waals surface area (Å²) in [7, 11) is 0. The van der Waals surface area contributed by atoms with Crippen molar-refractivity contribution in [2.24, 2.45) is 0 Å². The van der Waals surface area contributed by atoms with E-state index in [0.29, 0.717) is 12.5 Å². The number of benzene rings is 1. The van der Waals surface area contributed by atoms with E-state index in [0.717, 1.165) is 37.4 Å². The molecule has 1 amide bonds. The number of hydrogen-bond acceptors (Lipinski definition) is 2. The Bertz CT molecular complexity index is 497. The van der Waals surface area contributed by atoms with Crippen molar-refractivity contribution < 1.29 is 4.79 Å². The molecule has 0 bridgehead atoms. The SMILES string of the molecule is Cl.O=C(CC1CCCN1)NCC1(c2cccc(Cl)c2)CC1. The Balaban J connectivity index is 0.00000161. The van der Waals surface area contributed by atoms with E-state index in [1.54, 1.807) is 0 Å². The van der Waals surface area contributed by atoms with E-state index >= 15 is 0 Å². The van der Waals surface area contributed by atoms with Crippen LogP contribution in [-0.4, -0.2) is 25.0 Å². The first-order chi connectivity index (χ1) is 9.68. The fraction of sp³-hybridized carbons (Fsp3) is 0.562. The lowest BCUT2D eigenvalue weighted by Crippen LogP contribution is -2.36. The molecule has 3 rings (SSSR count). The number of nitrogens with one attached hydrogen (secondary N) is 2. The smallest absolute Gasteiger partial charge is 0.221 e. The molecule has 0 radical (unpaired) electrons. The van der Waals surface area contributed by atoms with E-state index in [-0.39, 0.29) is 23.7 Å². The second-order valence-corrected chi connectivity index (χ2v) is 6.50. The summed E-state index contributed by atoms with van der Waals surface area (Å²) in [6.07, 6.45) is 5.17. The van der Waals surface area contributed by atoms with Gasteiger partial charge in [0.15, 0.2) is 0 Å². The molecule has 1 aliphatic carbocycles. The average molecular weight is 329 g/mol. The Morgan fingerprint density at radius 3 is 2.86 bits per heavy atom. The zero-order valence-corrected chi connectivity index (χ0v) is 13.6. The molecule has 5 heteroatoms. The van der Waals surface area contributed by atoms with Crippen LogP contribution in [-0.2, 0) is 10.2 Å². The fourth-order valence-electron chi connectivity index (χ4n) is 3.03. The molecule has 116 valence electrons.